The molecule has 0 saturated heterocycles. The molecule has 0 aliphatic heterocycles. The molecule has 0 unspecified atom stereocenters. The van der Waals surface area contributed by atoms with Gasteiger partial charge in [-0.3, -0.25) is 14.4 Å². The van der Waals surface area contributed by atoms with Crippen LogP contribution in [0.1, 0.15) is 23.7 Å². The fourth-order valence-corrected chi connectivity index (χ4v) is 1.39. The van der Waals surface area contributed by atoms with Crippen molar-refractivity contribution < 1.29 is 19.5 Å². The lowest BCUT2D eigenvalue weighted by Gasteiger charge is -2.06. The molecule has 0 radical (unpaired) electrons. The molecule has 6 heteroatoms. The van der Waals surface area contributed by atoms with E-state index in [2.05, 4.69) is 10.6 Å². The van der Waals surface area contributed by atoms with Crippen molar-refractivity contribution in [2.75, 3.05) is 18.4 Å². The second-order valence-electron chi connectivity index (χ2n) is 4.00. The maximum atomic E-state index is 11.5. The number of hydrogen-bond donors (Lipinski definition) is 3. The molecule has 1 amide bonds. The summed E-state index contributed by atoms with van der Waals surface area (Å²) in [6.07, 6.45) is -0.0272. The van der Waals surface area contributed by atoms with Crippen LogP contribution < -0.4 is 10.6 Å². The lowest BCUT2D eigenvalue weighted by atomic mass is 10.1. The Morgan fingerprint density at radius 2 is 1.79 bits per heavy atom. The third kappa shape index (κ3) is 5.78. The SMILES string of the molecule is CC(=O)c1ccc(NC(=O)CNCCC(=O)O)cc1. The maximum Gasteiger partial charge on any atom is 0.304 e. The van der Waals surface area contributed by atoms with Crippen LogP contribution in [0.5, 0.6) is 0 Å². The molecule has 0 atom stereocenters. The van der Waals surface area contributed by atoms with Crippen LogP contribution in [0.15, 0.2) is 24.3 Å². The van der Waals surface area contributed by atoms with Crippen molar-refractivity contribution in [3.05, 3.63) is 29.8 Å². The molecule has 0 aromatic heterocycles. The highest BCUT2D eigenvalue weighted by Crippen LogP contribution is 2.09. The maximum absolute atomic E-state index is 11.5. The van der Waals surface area contributed by atoms with Crippen molar-refractivity contribution in [1.29, 1.82) is 0 Å². The van der Waals surface area contributed by atoms with Gasteiger partial charge in [-0.15, -0.1) is 0 Å². The number of ketones is 1. The first-order valence-corrected chi connectivity index (χ1v) is 5.82. The minimum Gasteiger partial charge on any atom is -0.481 e. The zero-order chi connectivity index (χ0) is 14.3. The van der Waals surface area contributed by atoms with Crippen LogP contribution in [0.3, 0.4) is 0 Å². The van der Waals surface area contributed by atoms with Crippen molar-refractivity contribution >= 4 is 23.3 Å². The topological polar surface area (TPSA) is 95.5 Å². The fourth-order valence-electron chi connectivity index (χ4n) is 1.39. The van der Waals surface area contributed by atoms with Gasteiger partial charge in [0, 0.05) is 17.8 Å². The number of carboxylic acids is 1. The third-order valence-corrected chi connectivity index (χ3v) is 2.38. The molecule has 0 spiro atoms. The highest BCUT2D eigenvalue weighted by Gasteiger charge is 2.04. The first kappa shape index (κ1) is 14.8. The molecule has 0 fully saturated rings. The summed E-state index contributed by atoms with van der Waals surface area (Å²) in [6, 6.07) is 6.56. The van der Waals surface area contributed by atoms with Crippen LogP contribution in [-0.2, 0) is 9.59 Å². The second kappa shape index (κ2) is 7.27. The van der Waals surface area contributed by atoms with Crippen LogP contribution >= 0.6 is 0 Å². The molecule has 3 N–H and O–H groups in total. The molecular formula is C13H16N2O4. The van der Waals surface area contributed by atoms with Gasteiger partial charge in [-0.1, -0.05) is 0 Å². The fraction of sp³-hybridized carbons (Fsp3) is 0.308. The summed E-state index contributed by atoms with van der Waals surface area (Å²) in [5, 5.41) is 13.8. The van der Waals surface area contributed by atoms with Gasteiger partial charge in [-0.05, 0) is 31.2 Å². The van der Waals surface area contributed by atoms with E-state index >= 15 is 0 Å². The van der Waals surface area contributed by atoms with Crippen molar-refractivity contribution in [2.24, 2.45) is 0 Å². The van der Waals surface area contributed by atoms with E-state index in [0.717, 1.165) is 0 Å². The molecule has 0 aliphatic carbocycles. The Kier molecular flexibility index (Phi) is 5.69. The number of rotatable bonds is 7. The van der Waals surface area contributed by atoms with E-state index in [-0.39, 0.29) is 31.2 Å². The molecule has 102 valence electrons. The molecule has 1 rings (SSSR count). The number of carbonyl (C=O) groups excluding carboxylic acids is 2. The number of carboxylic acid groups (broad SMARTS) is 1. The quantitative estimate of drug-likeness (QED) is 0.502. The summed E-state index contributed by atoms with van der Waals surface area (Å²) >= 11 is 0. The van der Waals surface area contributed by atoms with Gasteiger partial charge < -0.3 is 15.7 Å². The standard InChI is InChI=1S/C13H16N2O4/c1-9(16)10-2-4-11(5-3-10)15-12(17)8-14-7-6-13(18)19/h2-5,14H,6-8H2,1H3,(H,15,17)(H,18,19). The van der Waals surface area contributed by atoms with Crippen molar-refractivity contribution in [2.45, 2.75) is 13.3 Å². The summed E-state index contributed by atoms with van der Waals surface area (Å²) in [5.74, 6) is -1.21. The monoisotopic (exact) mass is 264 g/mol. The second-order valence-corrected chi connectivity index (χ2v) is 4.00. The highest BCUT2D eigenvalue weighted by atomic mass is 16.4. The largest absolute Gasteiger partial charge is 0.481 e. The first-order valence-electron chi connectivity index (χ1n) is 5.82. The van der Waals surface area contributed by atoms with Gasteiger partial charge in [0.15, 0.2) is 5.78 Å². The summed E-state index contributed by atoms with van der Waals surface area (Å²) in [7, 11) is 0. The number of hydrogen-bond acceptors (Lipinski definition) is 4. The van der Waals surface area contributed by atoms with E-state index in [0.29, 0.717) is 11.3 Å². The van der Waals surface area contributed by atoms with Crippen molar-refractivity contribution in [3.63, 3.8) is 0 Å². The lowest BCUT2D eigenvalue weighted by Crippen LogP contribution is -2.29. The number of benzene rings is 1. The number of amides is 1. The van der Waals surface area contributed by atoms with Gasteiger partial charge >= 0.3 is 5.97 Å². The van der Waals surface area contributed by atoms with Gasteiger partial charge in [0.2, 0.25) is 5.91 Å². The number of aliphatic carboxylic acids is 1. The summed E-state index contributed by atoms with van der Waals surface area (Å²) in [5.41, 5.74) is 1.17. The van der Waals surface area contributed by atoms with Crippen LogP contribution in [0.25, 0.3) is 0 Å². The molecule has 6 nitrogen and oxygen atoms in total. The molecule has 0 bridgehead atoms. The van der Waals surface area contributed by atoms with Crippen molar-refractivity contribution in [3.8, 4) is 0 Å². The number of nitrogens with one attached hydrogen (secondary N) is 2. The Hall–Kier alpha value is -2.21. The van der Waals surface area contributed by atoms with Crippen LogP contribution in [-0.4, -0.2) is 35.9 Å². The molecular weight excluding hydrogens is 248 g/mol. The third-order valence-electron chi connectivity index (χ3n) is 2.38. The van der Waals surface area contributed by atoms with E-state index in [4.69, 9.17) is 5.11 Å². The molecule has 0 saturated carbocycles. The van der Waals surface area contributed by atoms with E-state index in [1.54, 1.807) is 24.3 Å². The summed E-state index contributed by atoms with van der Waals surface area (Å²) in [4.78, 5) is 32.8. The minimum atomic E-state index is -0.910. The molecule has 1 aromatic carbocycles. The number of carbonyl (C=O) groups is 3. The van der Waals surface area contributed by atoms with Gasteiger partial charge in [0.05, 0.1) is 13.0 Å². The highest BCUT2D eigenvalue weighted by molar-refractivity contribution is 5.96. The van der Waals surface area contributed by atoms with E-state index in [1.165, 1.54) is 6.92 Å². The van der Waals surface area contributed by atoms with Gasteiger partial charge in [0.25, 0.3) is 0 Å². The Morgan fingerprint density at radius 1 is 1.16 bits per heavy atom. The van der Waals surface area contributed by atoms with Crippen LogP contribution in [0.4, 0.5) is 5.69 Å². The van der Waals surface area contributed by atoms with Crippen molar-refractivity contribution in [1.82, 2.24) is 5.32 Å². The average Bonchev–Trinajstić information content (AvgIpc) is 2.35. The Balaban J connectivity index is 2.35. The van der Waals surface area contributed by atoms with Gasteiger partial charge in [-0.25, -0.2) is 0 Å². The predicted octanol–water partition coefficient (Wildman–Crippen LogP) is 0.892. The Morgan fingerprint density at radius 3 is 2.32 bits per heavy atom. The predicted molar refractivity (Wildman–Crippen MR) is 70.2 cm³/mol. The van der Waals surface area contributed by atoms with Crippen LogP contribution in [0, 0.1) is 0 Å². The zero-order valence-electron chi connectivity index (χ0n) is 10.6. The molecule has 0 aliphatic rings. The summed E-state index contributed by atoms with van der Waals surface area (Å²) < 4.78 is 0. The van der Waals surface area contributed by atoms with E-state index < -0.39 is 5.97 Å². The molecule has 0 heterocycles. The Bertz CT molecular complexity index is 468. The number of Topliss-reactive ketones (excluding diaryl/α,β-unsaturated/α-hetero) is 1. The Labute approximate surface area is 110 Å². The molecule has 19 heavy (non-hydrogen) atoms. The molecule has 1 aromatic rings. The first-order chi connectivity index (χ1) is 8.99. The van der Waals surface area contributed by atoms with E-state index in [1.807, 2.05) is 0 Å². The van der Waals surface area contributed by atoms with Gasteiger partial charge in [0.1, 0.15) is 0 Å². The summed E-state index contributed by atoms with van der Waals surface area (Å²) in [6.45, 7) is 1.76. The average molecular weight is 264 g/mol. The van der Waals surface area contributed by atoms with Crippen LogP contribution in [0.2, 0.25) is 0 Å². The smallest absolute Gasteiger partial charge is 0.304 e. The lowest BCUT2D eigenvalue weighted by molar-refractivity contribution is -0.137. The number of anilines is 1. The minimum absolute atomic E-state index is 0.0272. The zero-order valence-corrected chi connectivity index (χ0v) is 10.6. The normalized spacial score (nSPS) is 9.95. The van der Waals surface area contributed by atoms with E-state index in [9.17, 15) is 14.4 Å². The van der Waals surface area contributed by atoms with Gasteiger partial charge in [-0.2, -0.15) is 0 Å².